The first-order valence-corrected chi connectivity index (χ1v) is 3.32. The highest BCUT2D eigenvalue weighted by Gasteiger charge is 2.03. The highest BCUT2D eigenvalue weighted by Crippen LogP contribution is 2.00. The van der Waals surface area contributed by atoms with Crippen LogP contribution in [0.25, 0.3) is 0 Å². The molecule has 0 amide bonds. The maximum absolute atomic E-state index is 10.9. The predicted octanol–water partition coefficient (Wildman–Crippen LogP) is 0.271. The minimum atomic E-state index is -0.242. The van der Waals surface area contributed by atoms with E-state index in [2.05, 4.69) is 9.97 Å². The summed E-state index contributed by atoms with van der Waals surface area (Å²) in [6, 6.07) is 0. The van der Waals surface area contributed by atoms with Crippen molar-refractivity contribution in [1.82, 2.24) is 9.97 Å². The Morgan fingerprint density at radius 2 is 2.27 bits per heavy atom. The summed E-state index contributed by atoms with van der Waals surface area (Å²) in [5.41, 5.74) is 5.34. The van der Waals surface area contributed by atoms with E-state index in [0.717, 1.165) is 0 Å². The molecule has 0 saturated heterocycles. The first-order chi connectivity index (χ1) is 5.24. The number of Topliss-reactive ketones (excluding diaryl/α,β-unsaturated/α-hetero) is 1. The van der Waals surface area contributed by atoms with Gasteiger partial charge in [-0.2, -0.15) is 0 Å². The van der Waals surface area contributed by atoms with Crippen molar-refractivity contribution in [2.45, 2.75) is 0 Å². The molecule has 5 heteroatoms. The molecule has 2 N–H and O–H groups in total. The molecular weight excluding hydrogens is 166 g/mol. The highest BCUT2D eigenvalue weighted by atomic mass is 35.5. The standard InChI is InChI=1S/C6H6ClN3O/c7-6-3-9-4(2-10-6)5(11)1-8/h2-3H,1,8H2. The molecule has 0 spiro atoms. The fourth-order valence-corrected chi connectivity index (χ4v) is 0.658. The van der Waals surface area contributed by atoms with Crippen LogP contribution in [0, 0.1) is 0 Å². The number of hydrogen-bond donors (Lipinski definition) is 1. The fourth-order valence-electron chi connectivity index (χ4n) is 0.561. The van der Waals surface area contributed by atoms with Crippen LogP contribution in [0.2, 0.25) is 5.15 Å². The van der Waals surface area contributed by atoms with E-state index in [1.807, 2.05) is 0 Å². The Hall–Kier alpha value is -1.00. The van der Waals surface area contributed by atoms with Crippen LogP contribution in [0.15, 0.2) is 12.4 Å². The largest absolute Gasteiger partial charge is 0.324 e. The van der Waals surface area contributed by atoms with E-state index >= 15 is 0 Å². The van der Waals surface area contributed by atoms with Gasteiger partial charge in [0.25, 0.3) is 0 Å². The zero-order valence-electron chi connectivity index (χ0n) is 5.62. The average Bonchev–Trinajstić information content (AvgIpc) is 2.05. The van der Waals surface area contributed by atoms with Crippen LogP contribution in [-0.4, -0.2) is 22.3 Å². The summed E-state index contributed by atoms with van der Waals surface area (Å²) in [6.07, 6.45) is 2.61. The van der Waals surface area contributed by atoms with Crippen molar-refractivity contribution >= 4 is 17.4 Å². The topological polar surface area (TPSA) is 68.9 Å². The van der Waals surface area contributed by atoms with Gasteiger partial charge in [-0.15, -0.1) is 0 Å². The van der Waals surface area contributed by atoms with Gasteiger partial charge in [0, 0.05) is 0 Å². The zero-order chi connectivity index (χ0) is 8.27. The summed E-state index contributed by atoms with van der Waals surface area (Å²) in [7, 11) is 0. The maximum Gasteiger partial charge on any atom is 0.196 e. The Bertz CT molecular complexity index is 259. The molecule has 1 rings (SSSR count). The van der Waals surface area contributed by atoms with Crippen LogP contribution in [0.5, 0.6) is 0 Å². The number of carbonyl (C=O) groups excluding carboxylic acids is 1. The van der Waals surface area contributed by atoms with Crippen molar-refractivity contribution < 1.29 is 4.79 Å². The Kier molecular flexibility index (Phi) is 2.51. The first kappa shape index (κ1) is 8.10. The van der Waals surface area contributed by atoms with E-state index < -0.39 is 0 Å². The van der Waals surface area contributed by atoms with Crippen LogP contribution >= 0.6 is 11.6 Å². The van der Waals surface area contributed by atoms with Crippen molar-refractivity contribution in [1.29, 1.82) is 0 Å². The molecule has 58 valence electrons. The van der Waals surface area contributed by atoms with Crippen LogP contribution in [-0.2, 0) is 0 Å². The van der Waals surface area contributed by atoms with Gasteiger partial charge < -0.3 is 5.73 Å². The lowest BCUT2D eigenvalue weighted by atomic mass is 10.3. The lowest BCUT2D eigenvalue weighted by Crippen LogP contribution is -2.15. The molecule has 0 atom stereocenters. The Morgan fingerprint density at radius 3 is 2.73 bits per heavy atom. The molecule has 0 aromatic carbocycles. The van der Waals surface area contributed by atoms with Gasteiger partial charge in [-0.3, -0.25) is 4.79 Å². The number of rotatable bonds is 2. The summed E-state index contributed by atoms with van der Waals surface area (Å²) in [5, 5.41) is 0.263. The van der Waals surface area contributed by atoms with Crippen molar-refractivity contribution in [3.8, 4) is 0 Å². The second-order valence-electron chi connectivity index (χ2n) is 1.85. The molecule has 11 heavy (non-hydrogen) atoms. The number of ketones is 1. The van der Waals surface area contributed by atoms with Gasteiger partial charge in [0.05, 0.1) is 18.9 Å². The van der Waals surface area contributed by atoms with Crippen LogP contribution in [0.1, 0.15) is 10.5 Å². The van der Waals surface area contributed by atoms with E-state index in [4.69, 9.17) is 17.3 Å². The third-order valence-electron chi connectivity index (χ3n) is 1.09. The minimum absolute atomic E-state index is 0.0592. The molecule has 0 bridgehead atoms. The molecule has 1 aromatic heterocycles. The molecule has 0 radical (unpaired) electrons. The molecule has 0 unspecified atom stereocenters. The van der Waals surface area contributed by atoms with Gasteiger partial charge in [-0.05, 0) is 0 Å². The summed E-state index contributed by atoms with van der Waals surface area (Å²) >= 11 is 5.44. The lowest BCUT2D eigenvalue weighted by Gasteiger charge is -1.94. The quantitative estimate of drug-likeness (QED) is 0.649. The van der Waals surface area contributed by atoms with Gasteiger partial charge in [0.1, 0.15) is 10.8 Å². The van der Waals surface area contributed by atoms with E-state index in [-0.39, 0.29) is 23.2 Å². The van der Waals surface area contributed by atoms with Gasteiger partial charge in [-0.1, -0.05) is 11.6 Å². The lowest BCUT2D eigenvalue weighted by molar-refractivity contribution is 0.0996. The average molecular weight is 172 g/mol. The Labute approximate surface area is 68.4 Å². The smallest absolute Gasteiger partial charge is 0.196 e. The van der Waals surface area contributed by atoms with Crippen LogP contribution in [0.4, 0.5) is 0 Å². The zero-order valence-corrected chi connectivity index (χ0v) is 6.38. The maximum atomic E-state index is 10.9. The molecule has 0 aliphatic heterocycles. The molecular formula is C6H6ClN3O. The predicted molar refractivity (Wildman–Crippen MR) is 40.4 cm³/mol. The fraction of sp³-hybridized carbons (Fsp3) is 0.167. The van der Waals surface area contributed by atoms with Gasteiger partial charge >= 0.3 is 0 Å². The molecule has 4 nitrogen and oxygen atoms in total. The molecule has 0 fully saturated rings. The van der Waals surface area contributed by atoms with E-state index in [0.29, 0.717) is 0 Å². The number of nitrogens with two attached hydrogens (primary N) is 1. The van der Waals surface area contributed by atoms with Crippen molar-refractivity contribution in [3.63, 3.8) is 0 Å². The monoisotopic (exact) mass is 171 g/mol. The molecule has 0 aliphatic carbocycles. The van der Waals surface area contributed by atoms with Crippen molar-refractivity contribution in [2.24, 2.45) is 5.73 Å². The third-order valence-corrected chi connectivity index (χ3v) is 1.29. The number of nitrogens with zero attached hydrogens (tertiary/aromatic N) is 2. The second-order valence-corrected chi connectivity index (χ2v) is 2.24. The Morgan fingerprint density at radius 1 is 1.55 bits per heavy atom. The summed E-state index contributed by atoms with van der Waals surface area (Å²) in [5.74, 6) is -0.242. The Balaban J connectivity index is 2.90. The first-order valence-electron chi connectivity index (χ1n) is 2.95. The number of aromatic nitrogens is 2. The summed E-state index contributed by atoms with van der Waals surface area (Å²) in [4.78, 5) is 18.3. The number of halogens is 1. The van der Waals surface area contributed by atoms with Crippen molar-refractivity contribution in [2.75, 3.05) is 6.54 Å². The SMILES string of the molecule is NCC(=O)c1cnc(Cl)cn1. The molecule has 0 saturated carbocycles. The van der Waals surface area contributed by atoms with E-state index in [9.17, 15) is 4.79 Å². The normalized spacial score (nSPS) is 9.64. The summed E-state index contributed by atoms with van der Waals surface area (Å²) < 4.78 is 0. The van der Waals surface area contributed by atoms with Gasteiger partial charge in [0.2, 0.25) is 0 Å². The van der Waals surface area contributed by atoms with E-state index in [1.165, 1.54) is 12.4 Å². The minimum Gasteiger partial charge on any atom is -0.324 e. The molecule has 0 aliphatic rings. The summed E-state index contributed by atoms with van der Waals surface area (Å²) in [6.45, 7) is -0.0592. The van der Waals surface area contributed by atoms with Crippen LogP contribution in [0.3, 0.4) is 0 Å². The highest BCUT2D eigenvalue weighted by molar-refractivity contribution is 6.29. The van der Waals surface area contributed by atoms with Crippen molar-refractivity contribution in [3.05, 3.63) is 23.2 Å². The molecule has 1 heterocycles. The van der Waals surface area contributed by atoms with Gasteiger partial charge in [-0.25, -0.2) is 9.97 Å². The van der Waals surface area contributed by atoms with Crippen LogP contribution < -0.4 is 5.73 Å². The molecule has 1 aromatic rings. The second kappa shape index (κ2) is 3.41. The van der Waals surface area contributed by atoms with E-state index in [1.54, 1.807) is 0 Å². The number of hydrogen-bond acceptors (Lipinski definition) is 4. The van der Waals surface area contributed by atoms with Gasteiger partial charge in [0.15, 0.2) is 5.78 Å². The third kappa shape index (κ3) is 1.96. The number of carbonyl (C=O) groups is 1.